The van der Waals surface area contributed by atoms with Gasteiger partial charge in [-0.2, -0.15) is 10.5 Å². The van der Waals surface area contributed by atoms with E-state index in [2.05, 4.69) is 30.9 Å². The lowest BCUT2D eigenvalue weighted by molar-refractivity contribution is 0.113. The number of rotatable bonds is 4. The minimum absolute atomic E-state index is 0.162. The third-order valence-corrected chi connectivity index (χ3v) is 3.63. The molecule has 0 aromatic heterocycles. The molecule has 3 nitrogen and oxygen atoms in total. The molecule has 3 unspecified atom stereocenters. The molecule has 0 heterocycles. The Hall–Kier alpha value is -1.06. The van der Waals surface area contributed by atoms with E-state index >= 15 is 0 Å². The largest absolute Gasteiger partial charge is 0.298 e. The van der Waals surface area contributed by atoms with Crippen LogP contribution in [0.15, 0.2) is 0 Å². The van der Waals surface area contributed by atoms with Crippen molar-refractivity contribution in [1.82, 2.24) is 4.90 Å². The molecule has 0 aromatic rings. The van der Waals surface area contributed by atoms with Gasteiger partial charge in [-0.25, -0.2) is 0 Å². The highest BCUT2D eigenvalue weighted by atomic mass is 15.2. The van der Waals surface area contributed by atoms with E-state index in [0.717, 1.165) is 25.9 Å². The van der Waals surface area contributed by atoms with E-state index in [1.807, 2.05) is 0 Å². The van der Waals surface area contributed by atoms with Crippen molar-refractivity contribution < 1.29 is 0 Å². The zero-order valence-electron chi connectivity index (χ0n) is 10.3. The molecule has 3 heteroatoms. The predicted molar refractivity (Wildman–Crippen MR) is 63.4 cm³/mol. The van der Waals surface area contributed by atoms with E-state index in [-0.39, 0.29) is 5.92 Å². The average molecular weight is 219 g/mol. The van der Waals surface area contributed by atoms with Crippen LogP contribution in [0.4, 0.5) is 0 Å². The molecular formula is C13H21N3. The first-order valence-electron chi connectivity index (χ1n) is 6.23. The molecule has 0 saturated heterocycles. The van der Waals surface area contributed by atoms with Crippen LogP contribution in [-0.2, 0) is 0 Å². The molecule has 16 heavy (non-hydrogen) atoms. The molecule has 0 aliphatic heterocycles. The first-order valence-corrected chi connectivity index (χ1v) is 6.23. The Labute approximate surface area is 98.7 Å². The zero-order chi connectivity index (χ0) is 12.0. The van der Waals surface area contributed by atoms with E-state index in [1.54, 1.807) is 0 Å². The standard InChI is InChI=1S/C13H21N3/c1-3-16(8-4-7-14)13-9-11(2)5-6-12(13)10-15/h11-13H,3-6,8-9H2,1-2H3. The van der Waals surface area contributed by atoms with Crippen LogP contribution in [0.3, 0.4) is 0 Å². The van der Waals surface area contributed by atoms with E-state index in [1.165, 1.54) is 6.42 Å². The van der Waals surface area contributed by atoms with E-state index in [0.29, 0.717) is 18.4 Å². The van der Waals surface area contributed by atoms with Crippen LogP contribution in [0.5, 0.6) is 0 Å². The van der Waals surface area contributed by atoms with Crippen molar-refractivity contribution in [2.24, 2.45) is 11.8 Å². The molecule has 88 valence electrons. The summed E-state index contributed by atoms with van der Waals surface area (Å²) < 4.78 is 0. The molecule has 1 fully saturated rings. The Morgan fingerprint density at radius 1 is 1.31 bits per heavy atom. The van der Waals surface area contributed by atoms with Crippen molar-refractivity contribution in [3.05, 3.63) is 0 Å². The molecule has 0 bridgehead atoms. The van der Waals surface area contributed by atoms with Gasteiger partial charge in [0.25, 0.3) is 0 Å². The van der Waals surface area contributed by atoms with Crippen LogP contribution in [0.25, 0.3) is 0 Å². The van der Waals surface area contributed by atoms with E-state index in [4.69, 9.17) is 5.26 Å². The number of nitrogens with zero attached hydrogens (tertiary/aromatic N) is 3. The summed E-state index contributed by atoms with van der Waals surface area (Å²) in [5.74, 6) is 0.876. The van der Waals surface area contributed by atoms with Crippen molar-refractivity contribution in [3.8, 4) is 12.1 Å². The second-order valence-electron chi connectivity index (χ2n) is 4.76. The van der Waals surface area contributed by atoms with Gasteiger partial charge in [0.05, 0.1) is 18.1 Å². The van der Waals surface area contributed by atoms with Gasteiger partial charge in [-0.15, -0.1) is 0 Å². The van der Waals surface area contributed by atoms with Crippen LogP contribution >= 0.6 is 0 Å². The van der Waals surface area contributed by atoms with E-state index < -0.39 is 0 Å². The third-order valence-electron chi connectivity index (χ3n) is 3.63. The van der Waals surface area contributed by atoms with Crippen molar-refractivity contribution >= 4 is 0 Å². The van der Waals surface area contributed by atoms with Gasteiger partial charge in [0.1, 0.15) is 0 Å². The molecule has 1 aliphatic carbocycles. The summed E-state index contributed by atoms with van der Waals surface area (Å²) in [4.78, 5) is 2.31. The van der Waals surface area contributed by atoms with Crippen LogP contribution in [-0.4, -0.2) is 24.0 Å². The number of nitriles is 2. The maximum atomic E-state index is 9.18. The Morgan fingerprint density at radius 2 is 2.06 bits per heavy atom. The summed E-state index contributed by atoms with van der Waals surface area (Å²) in [5.41, 5.74) is 0. The fourth-order valence-electron chi connectivity index (χ4n) is 2.66. The van der Waals surface area contributed by atoms with Crippen molar-refractivity contribution in [2.45, 2.75) is 45.6 Å². The quantitative estimate of drug-likeness (QED) is 0.730. The van der Waals surface area contributed by atoms with Crippen LogP contribution in [0, 0.1) is 34.5 Å². The summed E-state index contributed by atoms with van der Waals surface area (Å²) in [7, 11) is 0. The molecule has 0 amide bonds. The van der Waals surface area contributed by atoms with Crippen LogP contribution in [0.2, 0.25) is 0 Å². The Balaban J connectivity index is 2.64. The van der Waals surface area contributed by atoms with Gasteiger partial charge in [0.15, 0.2) is 0 Å². The molecule has 1 rings (SSSR count). The summed E-state index contributed by atoms with van der Waals surface area (Å²) in [6, 6.07) is 5.00. The maximum Gasteiger partial charge on any atom is 0.0672 e. The highest BCUT2D eigenvalue weighted by molar-refractivity contribution is 4.97. The second kappa shape index (κ2) is 6.51. The zero-order valence-corrected chi connectivity index (χ0v) is 10.3. The number of hydrogen-bond donors (Lipinski definition) is 0. The minimum Gasteiger partial charge on any atom is -0.298 e. The normalized spacial score (nSPS) is 29.7. The lowest BCUT2D eigenvalue weighted by atomic mass is 9.79. The van der Waals surface area contributed by atoms with Gasteiger partial charge in [0.2, 0.25) is 0 Å². The van der Waals surface area contributed by atoms with Crippen LogP contribution < -0.4 is 0 Å². The summed E-state index contributed by atoms with van der Waals surface area (Å²) in [6.45, 7) is 6.13. The van der Waals surface area contributed by atoms with Crippen molar-refractivity contribution in [1.29, 1.82) is 10.5 Å². The first kappa shape index (κ1) is 13.0. The average Bonchev–Trinajstić information content (AvgIpc) is 2.30. The smallest absolute Gasteiger partial charge is 0.0672 e. The summed E-state index contributed by atoms with van der Waals surface area (Å²) in [6.07, 6.45) is 3.87. The lowest BCUT2D eigenvalue weighted by Crippen LogP contribution is -2.44. The first-order chi connectivity index (χ1) is 7.72. The molecule has 1 saturated carbocycles. The van der Waals surface area contributed by atoms with E-state index in [9.17, 15) is 5.26 Å². The lowest BCUT2D eigenvalue weighted by Gasteiger charge is -2.38. The molecular weight excluding hydrogens is 198 g/mol. The summed E-state index contributed by atoms with van der Waals surface area (Å²) in [5, 5.41) is 17.8. The Morgan fingerprint density at radius 3 is 2.62 bits per heavy atom. The second-order valence-corrected chi connectivity index (χ2v) is 4.76. The highest BCUT2D eigenvalue weighted by Gasteiger charge is 2.32. The summed E-state index contributed by atoms with van der Waals surface area (Å²) >= 11 is 0. The van der Waals surface area contributed by atoms with Gasteiger partial charge >= 0.3 is 0 Å². The number of hydrogen-bond acceptors (Lipinski definition) is 3. The topological polar surface area (TPSA) is 50.8 Å². The predicted octanol–water partition coefficient (Wildman–Crippen LogP) is 2.55. The van der Waals surface area contributed by atoms with Gasteiger partial charge in [-0.3, -0.25) is 4.90 Å². The molecule has 0 radical (unpaired) electrons. The van der Waals surface area contributed by atoms with Gasteiger partial charge in [0, 0.05) is 19.0 Å². The monoisotopic (exact) mass is 219 g/mol. The third kappa shape index (κ3) is 3.22. The molecule has 3 atom stereocenters. The highest BCUT2D eigenvalue weighted by Crippen LogP contribution is 2.31. The SMILES string of the molecule is CCN(CCC#N)C1CC(C)CCC1C#N. The Kier molecular flexibility index (Phi) is 5.29. The van der Waals surface area contributed by atoms with Crippen molar-refractivity contribution in [3.63, 3.8) is 0 Å². The molecule has 0 aromatic carbocycles. The fourth-order valence-corrected chi connectivity index (χ4v) is 2.66. The fraction of sp³-hybridized carbons (Fsp3) is 0.846. The Bertz CT molecular complexity index is 287. The van der Waals surface area contributed by atoms with Crippen molar-refractivity contribution in [2.75, 3.05) is 13.1 Å². The molecule has 0 spiro atoms. The molecule has 1 aliphatic rings. The molecule has 0 N–H and O–H groups in total. The van der Waals surface area contributed by atoms with Gasteiger partial charge in [-0.05, 0) is 31.7 Å². The van der Waals surface area contributed by atoms with Crippen LogP contribution in [0.1, 0.15) is 39.5 Å². The van der Waals surface area contributed by atoms with Gasteiger partial charge in [-0.1, -0.05) is 13.8 Å². The minimum atomic E-state index is 0.162. The van der Waals surface area contributed by atoms with Gasteiger partial charge < -0.3 is 0 Å². The maximum absolute atomic E-state index is 9.18.